The molecule has 0 atom stereocenters. The fraction of sp³-hybridized carbons (Fsp3) is 0.455. The van der Waals surface area contributed by atoms with Gasteiger partial charge in [0.15, 0.2) is 0 Å². The van der Waals surface area contributed by atoms with Crippen molar-refractivity contribution in [1.29, 1.82) is 0 Å². The maximum Gasteiger partial charge on any atom is 0.123 e. The van der Waals surface area contributed by atoms with E-state index in [9.17, 15) is 4.39 Å². The topological polar surface area (TPSA) is 32.3 Å². The molecule has 1 aromatic rings. The van der Waals surface area contributed by atoms with Crippen LogP contribution in [-0.4, -0.2) is 17.3 Å². The molecule has 2 nitrogen and oxygen atoms in total. The molecule has 3 heteroatoms. The average Bonchev–Trinajstić information content (AvgIpc) is 2.11. The first-order valence-electron chi connectivity index (χ1n) is 4.90. The number of rotatable bonds is 3. The van der Waals surface area contributed by atoms with E-state index in [1.807, 2.05) is 6.07 Å². The van der Waals surface area contributed by atoms with Crippen LogP contribution in [0.2, 0.25) is 0 Å². The van der Waals surface area contributed by atoms with Crippen LogP contribution in [-0.2, 0) is 6.54 Å². The summed E-state index contributed by atoms with van der Waals surface area (Å²) in [5.74, 6) is -0.196. The van der Waals surface area contributed by atoms with Gasteiger partial charge in [0.2, 0.25) is 0 Å². The number of halogens is 1. The molecule has 0 aromatic heterocycles. The quantitative estimate of drug-likeness (QED) is 0.765. The van der Waals surface area contributed by atoms with Gasteiger partial charge in [0.05, 0.1) is 6.10 Å². The van der Waals surface area contributed by atoms with Crippen molar-refractivity contribution in [2.75, 3.05) is 0 Å². The number of nitrogens with one attached hydrogen (secondary N) is 1. The molecule has 2 N–H and O–H groups in total. The summed E-state index contributed by atoms with van der Waals surface area (Å²) in [5.41, 5.74) is 0.950. The third kappa shape index (κ3) is 2.30. The van der Waals surface area contributed by atoms with Gasteiger partial charge in [-0.15, -0.1) is 0 Å². The molecule has 2 rings (SSSR count). The lowest BCUT2D eigenvalue weighted by Gasteiger charge is -2.32. The van der Waals surface area contributed by atoms with Gasteiger partial charge in [0.25, 0.3) is 0 Å². The van der Waals surface area contributed by atoms with Crippen LogP contribution in [0.15, 0.2) is 24.3 Å². The van der Waals surface area contributed by atoms with Gasteiger partial charge in [-0.25, -0.2) is 4.39 Å². The van der Waals surface area contributed by atoms with E-state index in [0.717, 1.165) is 18.4 Å². The fourth-order valence-corrected chi connectivity index (χ4v) is 1.66. The van der Waals surface area contributed by atoms with E-state index in [2.05, 4.69) is 5.32 Å². The second kappa shape index (κ2) is 4.07. The molecule has 14 heavy (non-hydrogen) atoms. The fourth-order valence-electron chi connectivity index (χ4n) is 1.66. The maximum absolute atomic E-state index is 12.8. The SMILES string of the molecule is OC1CC(NCc2cccc(F)c2)C1. The van der Waals surface area contributed by atoms with Crippen molar-refractivity contribution < 1.29 is 9.50 Å². The molecule has 1 saturated carbocycles. The Labute approximate surface area is 82.8 Å². The van der Waals surface area contributed by atoms with Gasteiger partial charge in [0, 0.05) is 12.6 Å². The third-order valence-corrected chi connectivity index (χ3v) is 2.60. The van der Waals surface area contributed by atoms with Crippen molar-refractivity contribution in [2.24, 2.45) is 0 Å². The molecule has 1 aliphatic rings. The van der Waals surface area contributed by atoms with Gasteiger partial charge in [-0.3, -0.25) is 0 Å². The van der Waals surface area contributed by atoms with Crippen molar-refractivity contribution in [2.45, 2.75) is 31.5 Å². The van der Waals surface area contributed by atoms with Crippen LogP contribution >= 0.6 is 0 Å². The van der Waals surface area contributed by atoms with Crippen LogP contribution in [0.5, 0.6) is 0 Å². The molecule has 0 unspecified atom stereocenters. The summed E-state index contributed by atoms with van der Waals surface area (Å²) in [6, 6.07) is 6.97. The molecule has 0 amide bonds. The lowest BCUT2D eigenvalue weighted by molar-refractivity contribution is 0.0619. The molecule has 1 aliphatic carbocycles. The predicted molar refractivity (Wildman–Crippen MR) is 52.3 cm³/mol. The smallest absolute Gasteiger partial charge is 0.123 e. The third-order valence-electron chi connectivity index (χ3n) is 2.60. The Morgan fingerprint density at radius 3 is 2.86 bits per heavy atom. The van der Waals surface area contributed by atoms with Crippen LogP contribution in [0.3, 0.4) is 0 Å². The highest BCUT2D eigenvalue weighted by Gasteiger charge is 2.26. The van der Waals surface area contributed by atoms with Gasteiger partial charge in [-0.05, 0) is 30.5 Å². The molecule has 76 valence electrons. The van der Waals surface area contributed by atoms with Crippen molar-refractivity contribution in [3.63, 3.8) is 0 Å². The van der Waals surface area contributed by atoms with E-state index < -0.39 is 0 Å². The zero-order chi connectivity index (χ0) is 9.97. The molecule has 0 bridgehead atoms. The second-order valence-electron chi connectivity index (χ2n) is 3.83. The summed E-state index contributed by atoms with van der Waals surface area (Å²) in [6.45, 7) is 0.676. The maximum atomic E-state index is 12.8. The molecule has 0 heterocycles. The first-order valence-corrected chi connectivity index (χ1v) is 4.90. The minimum absolute atomic E-state index is 0.139. The Morgan fingerprint density at radius 1 is 1.43 bits per heavy atom. The molecule has 0 spiro atoms. The molecular weight excluding hydrogens is 181 g/mol. The molecule has 1 aromatic carbocycles. The molecule has 0 radical (unpaired) electrons. The van der Waals surface area contributed by atoms with Crippen LogP contribution < -0.4 is 5.32 Å². The molecule has 0 aliphatic heterocycles. The zero-order valence-corrected chi connectivity index (χ0v) is 7.91. The van der Waals surface area contributed by atoms with Crippen LogP contribution in [0.4, 0.5) is 4.39 Å². The monoisotopic (exact) mass is 195 g/mol. The molecular formula is C11H14FNO. The summed E-state index contributed by atoms with van der Waals surface area (Å²) >= 11 is 0. The van der Waals surface area contributed by atoms with Gasteiger partial charge in [0.1, 0.15) is 5.82 Å². The Kier molecular flexibility index (Phi) is 2.79. The molecule has 0 saturated heterocycles. The summed E-state index contributed by atoms with van der Waals surface area (Å²) in [4.78, 5) is 0. The Hall–Kier alpha value is -0.930. The van der Waals surface area contributed by atoms with Gasteiger partial charge < -0.3 is 10.4 Å². The number of aliphatic hydroxyl groups excluding tert-OH is 1. The van der Waals surface area contributed by atoms with Crippen LogP contribution in [0, 0.1) is 5.82 Å². The highest BCUT2D eigenvalue weighted by molar-refractivity contribution is 5.16. The Balaban J connectivity index is 1.80. The highest BCUT2D eigenvalue weighted by atomic mass is 19.1. The molecule has 1 fully saturated rings. The van der Waals surface area contributed by atoms with E-state index in [4.69, 9.17) is 5.11 Å². The zero-order valence-electron chi connectivity index (χ0n) is 7.91. The Bertz CT molecular complexity index is 310. The number of aliphatic hydroxyl groups is 1. The summed E-state index contributed by atoms with van der Waals surface area (Å²) in [7, 11) is 0. The lowest BCUT2D eigenvalue weighted by atomic mass is 9.89. The number of hydrogen-bond donors (Lipinski definition) is 2. The van der Waals surface area contributed by atoms with E-state index in [1.54, 1.807) is 6.07 Å². The average molecular weight is 195 g/mol. The van der Waals surface area contributed by atoms with Gasteiger partial charge >= 0.3 is 0 Å². The minimum atomic E-state index is -0.196. The minimum Gasteiger partial charge on any atom is -0.393 e. The van der Waals surface area contributed by atoms with Crippen molar-refractivity contribution >= 4 is 0 Å². The summed E-state index contributed by atoms with van der Waals surface area (Å²) in [6.07, 6.45) is 1.49. The van der Waals surface area contributed by atoms with Crippen LogP contribution in [0.1, 0.15) is 18.4 Å². The van der Waals surface area contributed by atoms with Crippen molar-refractivity contribution in [3.05, 3.63) is 35.6 Å². The van der Waals surface area contributed by atoms with E-state index in [-0.39, 0.29) is 11.9 Å². The van der Waals surface area contributed by atoms with E-state index in [1.165, 1.54) is 12.1 Å². The summed E-state index contributed by atoms with van der Waals surface area (Å²) < 4.78 is 12.8. The van der Waals surface area contributed by atoms with Crippen molar-refractivity contribution in [1.82, 2.24) is 5.32 Å². The van der Waals surface area contributed by atoms with E-state index >= 15 is 0 Å². The largest absolute Gasteiger partial charge is 0.393 e. The first-order chi connectivity index (χ1) is 6.74. The Morgan fingerprint density at radius 2 is 2.21 bits per heavy atom. The number of hydrogen-bond acceptors (Lipinski definition) is 2. The summed E-state index contributed by atoms with van der Waals surface area (Å²) in [5, 5.41) is 12.3. The first kappa shape index (κ1) is 9.62. The van der Waals surface area contributed by atoms with Crippen LogP contribution in [0.25, 0.3) is 0 Å². The van der Waals surface area contributed by atoms with Gasteiger partial charge in [-0.1, -0.05) is 12.1 Å². The van der Waals surface area contributed by atoms with E-state index in [0.29, 0.717) is 12.6 Å². The second-order valence-corrected chi connectivity index (χ2v) is 3.83. The van der Waals surface area contributed by atoms with Gasteiger partial charge in [-0.2, -0.15) is 0 Å². The lowest BCUT2D eigenvalue weighted by Crippen LogP contribution is -2.43. The highest BCUT2D eigenvalue weighted by Crippen LogP contribution is 2.19. The standard InChI is InChI=1S/C11H14FNO/c12-9-3-1-2-8(4-9)7-13-10-5-11(14)6-10/h1-4,10-11,13-14H,5-7H2. The number of benzene rings is 1. The predicted octanol–water partition coefficient (Wildman–Crippen LogP) is 1.44. The normalized spacial score (nSPS) is 25.9. The van der Waals surface area contributed by atoms with Crippen molar-refractivity contribution in [3.8, 4) is 0 Å².